The maximum atomic E-state index is 12.2. The maximum absolute atomic E-state index is 12.2. The highest BCUT2D eigenvalue weighted by atomic mass is 16.2. The fraction of sp³-hybridized carbons (Fsp3) is 0.688. The van der Waals surface area contributed by atoms with Crippen molar-refractivity contribution in [1.82, 2.24) is 9.55 Å². The monoisotopic (exact) mass is 292 g/mol. The van der Waals surface area contributed by atoms with E-state index in [2.05, 4.69) is 9.98 Å². The van der Waals surface area contributed by atoms with Gasteiger partial charge >= 0.3 is 0 Å². The molecule has 118 valence electrons. The molecule has 0 aliphatic carbocycles. The van der Waals surface area contributed by atoms with E-state index in [1.165, 1.54) is 0 Å². The summed E-state index contributed by atoms with van der Waals surface area (Å²) < 4.78 is 2.04. The number of fused-ring (bicyclic) bond motifs is 3. The zero-order valence-corrected chi connectivity index (χ0v) is 14.4. The summed E-state index contributed by atoms with van der Waals surface area (Å²) in [4.78, 5) is 22.9. The molecule has 0 spiro atoms. The van der Waals surface area contributed by atoms with E-state index in [0.29, 0.717) is 0 Å². The lowest BCUT2D eigenvalue weighted by Crippen LogP contribution is -2.44. The van der Waals surface area contributed by atoms with Crippen molar-refractivity contribution in [2.45, 2.75) is 47.5 Å². The van der Waals surface area contributed by atoms with Crippen LogP contribution in [0, 0.1) is 12.8 Å². The van der Waals surface area contributed by atoms with Gasteiger partial charge < -0.3 is 4.57 Å². The largest absolute Gasteiger partial charge is 0.329 e. The summed E-state index contributed by atoms with van der Waals surface area (Å²) in [5, 5.41) is 0. The van der Waals surface area contributed by atoms with Crippen molar-refractivity contribution >= 4 is 17.4 Å². The standard InChI is InChI=1S/C12H16N4O.2C2H6/c1-7-14-11-10(15(7)2)9-8(5-4-6-13-9)12(17)16(11)3;2*1-2/h8H,4-6H2,1-3H3;2*1-2H3. The Balaban J connectivity index is 0.000000510. The molecule has 1 unspecified atom stereocenters. The van der Waals surface area contributed by atoms with Crippen LogP contribution in [0.25, 0.3) is 0 Å². The molecule has 0 saturated carbocycles. The fourth-order valence-corrected chi connectivity index (χ4v) is 2.67. The number of hydrogen-bond acceptors (Lipinski definition) is 3. The van der Waals surface area contributed by atoms with Gasteiger partial charge in [0, 0.05) is 20.6 Å². The molecule has 21 heavy (non-hydrogen) atoms. The SMILES string of the molecule is CC.CC.Cc1nc2c(n1C)C1=NCCCC1C(=O)N2C. The summed E-state index contributed by atoms with van der Waals surface area (Å²) in [5.74, 6) is 1.75. The summed E-state index contributed by atoms with van der Waals surface area (Å²) in [6.07, 6.45) is 1.91. The third-order valence-electron chi connectivity index (χ3n) is 3.75. The maximum Gasteiger partial charge on any atom is 0.237 e. The van der Waals surface area contributed by atoms with Crippen molar-refractivity contribution in [3.8, 4) is 0 Å². The van der Waals surface area contributed by atoms with Crippen LogP contribution in [0.4, 0.5) is 5.82 Å². The van der Waals surface area contributed by atoms with Crippen molar-refractivity contribution in [3.63, 3.8) is 0 Å². The van der Waals surface area contributed by atoms with Crippen molar-refractivity contribution < 1.29 is 4.79 Å². The Morgan fingerprint density at radius 2 is 1.76 bits per heavy atom. The summed E-state index contributed by atoms with van der Waals surface area (Å²) in [6, 6.07) is 0. The summed E-state index contributed by atoms with van der Waals surface area (Å²) in [5.41, 5.74) is 1.96. The number of rotatable bonds is 0. The normalized spacial score (nSPS) is 19.4. The quantitative estimate of drug-likeness (QED) is 0.738. The number of carbonyl (C=O) groups is 1. The first-order valence-electron chi connectivity index (χ1n) is 7.97. The second kappa shape index (κ2) is 7.38. The molecular weight excluding hydrogens is 264 g/mol. The van der Waals surface area contributed by atoms with Gasteiger partial charge in [0.1, 0.15) is 11.5 Å². The first-order chi connectivity index (χ1) is 10.1. The van der Waals surface area contributed by atoms with Gasteiger partial charge in [-0.15, -0.1) is 0 Å². The highest BCUT2D eigenvalue weighted by molar-refractivity contribution is 6.22. The number of hydrogen-bond donors (Lipinski definition) is 0. The van der Waals surface area contributed by atoms with Gasteiger partial charge in [0.2, 0.25) is 5.91 Å². The molecule has 5 heteroatoms. The Labute approximate surface area is 128 Å². The van der Waals surface area contributed by atoms with E-state index in [-0.39, 0.29) is 11.8 Å². The Morgan fingerprint density at radius 3 is 2.38 bits per heavy atom. The zero-order chi connectivity index (χ0) is 16.2. The Morgan fingerprint density at radius 1 is 1.14 bits per heavy atom. The molecule has 1 atom stereocenters. The number of aliphatic imine (C=N–C) groups is 1. The molecule has 1 aromatic rings. The number of aromatic nitrogens is 2. The number of anilines is 1. The summed E-state index contributed by atoms with van der Waals surface area (Å²) in [6.45, 7) is 10.8. The molecule has 1 amide bonds. The average molecular weight is 292 g/mol. The average Bonchev–Trinajstić information content (AvgIpc) is 2.85. The molecule has 0 bridgehead atoms. The van der Waals surface area contributed by atoms with Crippen LogP contribution >= 0.6 is 0 Å². The Hall–Kier alpha value is -1.65. The van der Waals surface area contributed by atoms with E-state index in [4.69, 9.17) is 0 Å². The zero-order valence-electron chi connectivity index (χ0n) is 14.4. The third kappa shape index (κ3) is 2.87. The van der Waals surface area contributed by atoms with E-state index >= 15 is 0 Å². The van der Waals surface area contributed by atoms with Crippen molar-refractivity contribution in [1.29, 1.82) is 0 Å². The molecule has 0 N–H and O–H groups in total. The van der Waals surface area contributed by atoms with Gasteiger partial charge in [0.25, 0.3) is 0 Å². The molecule has 1 aromatic heterocycles. The predicted molar refractivity (Wildman–Crippen MR) is 88.2 cm³/mol. The van der Waals surface area contributed by atoms with Crippen LogP contribution in [-0.4, -0.2) is 34.8 Å². The van der Waals surface area contributed by atoms with Crippen molar-refractivity contribution in [3.05, 3.63) is 11.5 Å². The molecular formula is C16H28N4O. The van der Waals surface area contributed by atoms with E-state index < -0.39 is 0 Å². The van der Waals surface area contributed by atoms with Crippen LogP contribution in [0.2, 0.25) is 0 Å². The van der Waals surface area contributed by atoms with Crippen LogP contribution in [-0.2, 0) is 11.8 Å². The summed E-state index contributed by atoms with van der Waals surface area (Å²) in [7, 11) is 3.79. The second-order valence-corrected chi connectivity index (χ2v) is 4.75. The summed E-state index contributed by atoms with van der Waals surface area (Å²) >= 11 is 0. The van der Waals surface area contributed by atoms with Crippen LogP contribution in [0.3, 0.4) is 0 Å². The topological polar surface area (TPSA) is 50.5 Å². The predicted octanol–water partition coefficient (Wildman–Crippen LogP) is 2.96. The Bertz CT molecular complexity index is 531. The van der Waals surface area contributed by atoms with Crippen LogP contribution < -0.4 is 4.90 Å². The van der Waals surface area contributed by atoms with Gasteiger partial charge in [-0.05, 0) is 19.8 Å². The molecule has 0 saturated heterocycles. The van der Waals surface area contributed by atoms with Gasteiger partial charge in [0.15, 0.2) is 5.82 Å². The number of imidazole rings is 1. The van der Waals surface area contributed by atoms with Gasteiger partial charge in [-0.2, -0.15) is 0 Å². The van der Waals surface area contributed by atoms with Crippen LogP contribution in [0.5, 0.6) is 0 Å². The lowest BCUT2D eigenvalue weighted by molar-refractivity contribution is -0.120. The van der Waals surface area contributed by atoms with Gasteiger partial charge in [-0.3, -0.25) is 14.7 Å². The minimum absolute atomic E-state index is 0.0592. The second-order valence-electron chi connectivity index (χ2n) is 4.75. The minimum atomic E-state index is -0.0592. The van der Waals surface area contributed by atoms with Crippen LogP contribution in [0.1, 0.15) is 52.1 Å². The van der Waals surface area contributed by atoms with Gasteiger partial charge in [-0.25, -0.2) is 4.98 Å². The van der Waals surface area contributed by atoms with Crippen LogP contribution in [0.15, 0.2) is 4.99 Å². The molecule has 0 radical (unpaired) electrons. The number of nitrogens with zero attached hydrogens (tertiary/aromatic N) is 4. The molecule has 0 fully saturated rings. The number of amides is 1. The van der Waals surface area contributed by atoms with E-state index in [1.807, 2.05) is 46.2 Å². The van der Waals surface area contributed by atoms with Gasteiger partial charge in [-0.1, -0.05) is 27.7 Å². The van der Waals surface area contributed by atoms with Crippen molar-refractivity contribution in [2.75, 3.05) is 18.5 Å². The van der Waals surface area contributed by atoms with Gasteiger partial charge in [0.05, 0.1) is 11.6 Å². The Kier molecular flexibility index (Phi) is 6.12. The van der Waals surface area contributed by atoms with E-state index in [9.17, 15) is 4.79 Å². The number of carbonyl (C=O) groups excluding carboxylic acids is 1. The molecule has 3 rings (SSSR count). The van der Waals surface area contributed by atoms with E-state index in [1.54, 1.807) is 11.9 Å². The lowest BCUT2D eigenvalue weighted by atomic mass is 9.88. The first kappa shape index (κ1) is 17.4. The molecule has 3 heterocycles. The number of aryl methyl sites for hydroxylation is 1. The smallest absolute Gasteiger partial charge is 0.237 e. The fourth-order valence-electron chi connectivity index (χ4n) is 2.67. The molecule has 5 nitrogen and oxygen atoms in total. The first-order valence-corrected chi connectivity index (χ1v) is 7.97. The van der Waals surface area contributed by atoms with E-state index in [0.717, 1.165) is 42.4 Å². The molecule has 2 aliphatic heterocycles. The highest BCUT2D eigenvalue weighted by Crippen LogP contribution is 2.33. The third-order valence-corrected chi connectivity index (χ3v) is 3.75. The lowest BCUT2D eigenvalue weighted by Gasteiger charge is -2.32. The molecule has 0 aromatic carbocycles. The highest BCUT2D eigenvalue weighted by Gasteiger charge is 2.40. The van der Waals surface area contributed by atoms with Crippen molar-refractivity contribution in [2.24, 2.45) is 18.0 Å². The minimum Gasteiger partial charge on any atom is -0.329 e. The molecule has 2 aliphatic rings.